The molecule has 2 fully saturated rings. The highest BCUT2D eigenvalue weighted by Crippen LogP contribution is 2.39. The Balaban J connectivity index is 1.75. The number of benzene rings is 1. The molecule has 0 aliphatic carbocycles. The summed E-state index contributed by atoms with van der Waals surface area (Å²) in [6.07, 6.45) is 2.58. The third-order valence-electron chi connectivity index (χ3n) is 4.98. The van der Waals surface area contributed by atoms with Gasteiger partial charge in [-0.25, -0.2) is 0 Å². The second kappa shape index (κ2) is 4.92. The summed E-state index contributed by atoms with van der Waals surface area (Å²) in [4.78, 5) is 2.46. The monoisotopic (exact) mass is 292 g/mol. The Morgan fingerprint density at radius 1 is 1.15 bits per heavy atom. The molecule has 0 saturated carbocycles. The predicted octanol–water partition coefficient (Wildman–Crippen LogP) is 3.83. The smallest absolute Gasteiger partial charge is 0.0642 e. The minimum absolute atomic E-state index is 0.158. The van der Waals surface area contributed by atoms with Crippen molar-refractivity contribution in [3.63, 3.8) is 0 Å². The lowest BCUT2D eigenvalue weighted by Crippen LogP contribution is -2.58. The summed E-state index contributed by atoms with van der Waals surface area (Å²) in [6.45, 7) is 11.4. The van der Waals surface area contributed by atoms with Crippen LogP contribution in [-0.2, 0) is 5.41 Å². The van der Waals surface area contributed by atoms with Gasteiger partial charge in [0.15, 0.2) is 0 Å². The zero-order chi connectivity index (χ0) is 14.4. The molecule has 2 aliphatic rings. The van der Waals surface area contributed by atoms with E-state index in [0.717, 1.165) is 18.1 Å². The zero-order valence-corrected chi connectivity index (χ0v) is 13.6. The summed E-state index contributed by atoms with van der Waals surface area (Å²) >= 11 is 6.53. The van der Waals surface area contributed by atoms with E-state index in [4.69, 9.17) is 11.6 Å². The van der Waals surface area contributed by atoms with E-state index in [2.05, 4.69) is 49.2 Å². The van der Waals surface area contributed by atoms with E-state index in [-0.39, 0.29) is 5.41 Å². The minimum atomic E-state index is 0.158. The topological polar surface area (TPSA) is 15.3 Å². The number of hydrogen-bond acceptors (Lipinski definition) is 2. The molecule has 0 bridgehead atoms. The van der Waals surface area contributed by atoms with E-state index < -0.39 is 0 Å². The van der Waals surface area contributed by atoms with Crippen LogP contribution in [0.15, 0.2) is 18.2 Å². The number of anilines is 1. The number of nitrogens with zero attached hydrogens (tertiary/aromatic N) is 1. The highest BCUT2D eigenvalue weighted by atomic mass is 35.5. The van der Waals surface area contributed by atoms with Gasteiger partial charge in [-0.05, 0) is 41.4 Å². The Morgan fingerprint density at radius 3 is 2.25 bits per heavy atom. The van der Waals surface area contributed by atoms with E-state index in [1.54, 1.807) is 0 Å². The standard InChI is InChI=1S/C17H25ClN2/c1-16(2,3)13-4-5-15(14(18)10-13)20-8-6-17(7-9-20)11-19-12-17/h4-5,10,19H,6-9,11-12H2,1-3H3. The Hall–Kier alpha value is -0.730. The summed E-state index contributed by atoms with van der Waals surface area (Å²) in [7, 11) is 0. The van der Waals surface area contributed by atoms with Gasteiger partial charge in [0, 0.05) is 26.2 Å². The van der Waals surface area contributed by atoms with Crippen LogP contribution in [0.5, 0.6) is 0 Å². The summed E-state index contributed by atoms with van der Waals surface area (Å²) in [5, 5.41) is 4.32. The molecule has 0 atom stereocenters. The lowest BCUT2D eigenvalue weighted by atomic mass is 9.73. The predicted molar refractivity (Wildman–Crippen MR) is 86.9 cm³/mol. The third kappa shape index (κ3) is 2.56. The van der Waals surface area contributed by atoms with Crippen LogP contribution in [0.2, 0.25) is 5.02 Å². The second-order valence-corrected chi connectivity index (χ2v) is 7.91. The van der Waals surface area contributed by atoms with Crippen LogP contribution >= 0.6 is 11.6 Å². The van der Waals surface area contributed by atoms with Gasteiger partial charge in [-0.3, -0.25) is 0 Å². The summed E-state index contributed by atoms with van der Waals surface area (Å²) in [6, 6.07) is 6.59. The quantitative estimate of drug-likeness (QED) is 0.846. The van der Waals surface area contributed by atoms with Crippen molar-refractivity contribution in [2.24, 2.45) is 5.41 Å². The van der Waals surface area contributed by atoms with Gasteiger partial charge in [-0.2, -0.15) is 0 Å². The molecule has 2 heterocycles. The van der Waals surface area contributed by atoms with Gasteiger partial charge in [-0.15, -0.1) is 0 Å². The summed E-state index contributed by atoms with van der Waals surface area (Å²) in [5.41, 5.74) is 3.27. The molecule has 1 spiro atoms. The lowest BCUT2D eigenvalue weighted by Gasteiger charge is -2.49. The van der Waals surface area contributed by atoms with Crippen LogP contribution in [0, 0.1) is 5.41 Å². The fourth-order valence-corrected chi connectivity index (χ4v) is 3.58. The van der Waals surface area contributed by atoms with Crippen molar-refractivity contribution in [3.05, 3.63) is 28.8 Å². The maximum absolute atomic E-state index is 6.53. The number of piperidine rings is 1. The van der Waals surface area contributed by atoms with Gasteiger partial charge in [0.25, 0.3) is 0 Å². The first kappa shape index (κ1) is 14.2. The average molecular weight is 293 g/mol. The number of hydrogen-bond donors (Lipinski definition) is 1. The molecule has 110 valence electrons. The molecule has 1 N–H and O–H groups in total. The molecule has 20 heavy (non-hydrogen) atoms. The number of rotatable bonds is 1. The Bertz CT molecular complexity index is 490. The molecule has 1 aromatic carbocycles. The molecular weight excluding hydrogens is 268 g/mol. The van der Waals surface area contributed by atoms with E-state index >= 15 is 0 Å². The first-order chi connectivity index (χ1) is 9.40. The molecule has 2 saturated heterocycles. The third-order valence-corrected chi connectivity index (χ3v) is 5.28. The fraction of sp³-hybridized carbons (Fsp3) is 0.647. The van der Waals surface area contributed by atoms with Crippen molar-refractivity contribution in [3.8, 4) is 0 Å². The maximum atomic E-state index is 6.53. The normalized spacial score (nSPS) is 21.9. The second-order valence-electron chi connectivity index (χ2n) is 7.51. The van der Waals surface area contributed by atoms with Crippen molar-refractivity contribution in [2.45, 2.75) is 39.0 Å². The molecule has 3 rings (SSSR count). The first-order valence-electron chi connectivity index (χ1n) is 7.65. The number of halogens is 1. The van der Waals surface area contributed by atoms with Crippen LogP contribution in [0.4, 0.5) is 5.69 Å². The highest BCUT2D eigenvalue weighted by Gasteiger charge is 2.39. The van der Waals surface area contributed by atoms with Gasteiger partial charge in [0.05, 0.1) is 10.7 Å². The van der Waals surface area contributed by atoms with Crippen molar-refractivity contribution in [1.82, 2.24) is 5.32 Å². The van der Waals surface area contributed by atoms with Crippen molar-refractivity contribution in [2.75, 3.05) is 31.1 Å². The van der Waals surface area contributed by atoms with Crippen molar-refractivity contribution in [1.29, 1.82) is 0 Å². The molecule has 0 unspecified atom stereocenters. The molecule has 3 heteroatoms. The van der Waals surface area contributed by atoms with Gasteiger partial charge >= 0.3 is 0 Å². The number of nitrogens with one attached hydrogen (secondary N) is 1. The summed E-state index contributed by atoms with van der Waals surface area (Å²) in [5.74, 6) is 0. The lowest BCUT2D eigenvalue weighted by molar-refractivity contribution is 0.126. The summed E-state index contributed by atoms with van der Waals surface area (Å²) < 4.78 is 0. The Labute approximate surface area is 127 Å². The molecule has 1 aromatic rings. The zero-order valence-electron chi connectivity index (χ0n) is 12.8. The van der Waals surface area contributed by atoms with Gasteiger partial charge in [0.1, 0.15) is 0 Å². The SMILES string of the molecule is CC(C)(C)c1ccc(N2CCC3(CC2)CNC3)c(Cl)c1. The average Bonchev–Trinajstić information content (AvgIpc) is 2.36. The van der Waals surface area contributed by atoms with Crippen LogP contribution in [0.3, 0.4) is 0 Å². The van der Waals surface area contributed by atoms with Gasteiger partial charge < -0.3 is 10.2 Å². The minimum Gasteiger partial charge on any atom is -0.370 e. The largest absolute Gasteiger partial charge is 0.370 e. The van der Waals surface area contributed by atoms with Crippen molar-refractivity contribution < 1.29 is 0 Å². The molecule has 0 aromatic heterocycles. The Kier molecular flexibility index (Phi) is 3.50. The van der Waals surface area contributed by atoms with Crippen LogP contribution in [-0.4, -0.2) is 26.2 Å². The van der Waals surface area contributed by atoms with Crippen LogP contribution in [0.25, 0.3) is 0 Å². The Morgan fingerprint density at radius 2 is 1.80 bits per heavy atom. The van der Waals surface area contributed by atoms with E-state index in [0.29, 0.717) is 5.41 Å². The van der Waals surface area contributed by atoms with Crippen LogP contribution < -0.4 is 10.2 Å². The van der Waals surface area contributed by atoms with E-state index in [9.17, 15) is 0 Å². The molecule has 0 amide bonds. The molecule has 2 nitrogen and oxygen atoms in total. The molecule has 0 radical (unpaired) electrons. The van der Waals surface area contributed by atoms with Crippen LogP contribution in [0.1, 0.15) is 39.2 Å². The van der Waals surface area contributed by atoms with Gasteiger partial charge in [-0.1, -0.05) is 38.4 Å². The van der Waals surface area contributed by atoms with E-state index in [1.165, 1.54) is 37.2 Å². The highest BCUT2D eigenvalue weighted by molar-refractivity contribution is 6.33. The molecule has 2 aliphatic heterocycles. The first-order valence-corrected chi connectivity index (χ1v) is 8.03. The fourth-order valence-electron chi connectivity index (χ4n) is 3.28. The van der Waals surface area contributed by atoms with Crippen molar-refractivity contribution >= 4 is 17.3 Å². The van der Waals surface area contributed by atoms with E-state index in [1.807, 2.05) is 0 Å². The van der Waals surface area contributed by atoms with Gasteiger partial charge in [0.2, 0.25) is 0 Å². The molecular formula is C17H25ClN2. The maximum Gasteiger partial charge on any atom is 0.0642 e.